The summed E-state index contributed by atoms with van der Waals surface area (Å²) < 4.78 is 8.13. The van der Waals surface area contributed by atoms with Crippen molar-refractivity contribution in [3.63, 3.8) is 0 Å². The molecule has 2 heterocycles. The Labute approximate surface area is 174 Å². The maximum absolute atomic E-state index is 11.8. The summed E-state index contributed by atoms with van der Waals surface area (Å²) in [6, 6.07) is 10.0. The first-order valence-electron chi connectivity index (χ1n) is 9.79. The summed E-state index contributed by atoms with van der Waals surface area (Å²) in [6.45, 7) is 4.99. The molecule has 0 unspecified atom stereocenters. The van der Waals surface area contributed by atoms with Crippen LogP contribution in [0.1, 0.15) is 35.7 Å². The number of aromatic nitrogens is 3. The molecular weight excluding hydrogens is 388 g/mol. The smallest absolute Gasteiger partial charge is 0.306 e. The number of aryl methyl sites for hydroxylation is 4. The second-order valence-electron chi connectivity index (χ2n) is 6.94. The number of hydrogen-bond donors (Lipinski definition) is 1. The van der Waals surface area contributed by atoms with Crippen molar-refractivity contribution in [2.75, 3.05) is 13.2 Å². The maximum Gasteiger partial charge on any atom is 0.306 e. The van der Waals surface area contributed by atoms with Crippen LogP contribution in [0, 0.1) is 13.8 Å². The molecule has 0 spiro atoms. The third kappa shape index (κ3) is 6.39. The van der Waals surface area contributed by atoms with Crippen LogP contribution in [0.4, 0.5) is 0 Å². The van der Waals surface area contributed by atoms with Gasteiger partial charge in [-0.15, -0.1) is 11.3 Å². The van der Waals surface area contributed by atoms with Crippen LogP contribution in [-0.2, 0) is 27.3 Å². The number of rotatable bonds is 10. The fourth-order valence-corrected chi connectivity index (χ4v) is 4.05. The van der Waals surface area contributed by atoms with Gasteiger partial charge in [-0.1, -0.05) is 12.1 Å². The van der Waals surface area contributed by atoms with E-state index < -0.39 is 0 Å². The van der Waals surface area contributed by atoms with Crippen LogP contribution in [0.2, 0.25) is 0 Å². The molecule has 1 N–H and O–H groups in total. The van der Waals surface area contributed by atoms with Crippen molar-refractivity contribution in [1.29, 1.82) is 0 Å². The first-order chi connectivity index (χ1) is 14.0. The average molecular weight is 415 g/mol. The lowest BCUT2D eigenvalue weighted by molar-refractivity contribution is -0.148. The highest BCUT2D eigenvalue weighted by Gasteiger charge is 2.09. The second-order valence-corrected chi connectivity index (χ2v) is 8.06. The van der Waals surface area contributed by atoms with Crippen molar-refractivity contribution in [1.82, 2.24) is 20.1 Å². The second kappa shape index (κ2) is 10.2. The normalized spacial score (nSPS) is 11.0. The molecule has 154 valence electrons. The van der Waals surface area contributed by atoms with Gasteiger partial charge in [0.15, 0.2) is 6.61 Å². The van der Waals surface area contributed by atoms with Crippen LogP contribution in [0.25, 0.3) is 10.2 Å². The van der Waals surface area contributed by atoms with Crippen molar-refractivity contribution >= 4 is 33.4 Å². The highest BCUT2D eigenvalue weighted by atomic mass is 32.1. The van der Waals surface area contributed by atoms with Crippen molar-refractivity contribution in [3.05, 3.63) is 46.7 Å². The Hall–Kier alpha value is -2.74. The number of carbonyl (C=O) groups excluding carboxylic acids is 2. The number of hydrogen-bond acceptors (Lipinski definition) is 6. The zero-order valence-electron chi connectivity index (χ0n) is 16.8. The van der Waals surface area contributed by atoms with Gasteiger partial charge in [-0.2, -0.15) is 5.10 Å². The fraction of sp³-hybridized carbons (Fsp3) is 0.429. The molecule has 0 aliphatic rings. The molecule has 8 heteroatoms. The number of carbonyl (C=O) groups is 2. The van der Waals surface area contributed by atoms with Gasteiger partial charge >= 0.3 is 5.97 Å². The Morgan fingerprint density at radius 3 is 2.79 bits per heavy atom. The van der Waals surface area contributed by atoms with Crippen molar-refractivity contribution in [2.24, 2.45) is 0 Å². The molecule has 0 fully saturated rings. The van der Waals surface area contributed by atoms with Crippen LogP contribution in [0.5, 0.6) is 0 Å². The van der Waals surface area contributed by atoms with E-state index in [0.717, 1.165) is 46.0 Å². The van der Waals surface area contributed by atoms with E-state index >= 15 is 0 Å². The van der Waals surface area contributed by atoms with Crippen LogP contribution < -0.4 is 5.32 Å². The van der Waals surface area contributed by atoms with Gasteiger partial charge in [0.25, 0.3) is 5.91 Å². The molecule has 0 saturated carbocycles. The minimum absolute atomic E-state index is 0.236. The molecule has 1 aromatic carbocycles. The molecule has 2 aromatic heterocycles. The van der Waals surface area contributed by atoms with Crippen LogP contribution in [0.15, 0.2) is 30.3 Å². The van der Waals surface area contributed by atoms with Crippen LogP contribution in [0.3, 0.4) is 0 Å². The lowest BCUT2D eigenvalue weighted by Crippen LogP contribution is -2.30. The Morgan fingerprint density at radius 2 is 2.03 bits per heavy atom. The van der Waals surface area contributed by atoms with Crippen molar-refractivity contribution < 1.29 is 14.3 Å². The SMILES string of the molecule is Cc1cc(C)n(CCCNC(=O)COC(=O)CCCc2nc3ccccc3s2)n1. The topological polar surface area (TPSA) is 86.1 Å². The van der Waals surface area contributed by atoms with Crippen LogP contribution in [-0.4, -0.2) is 39.8 Å². The molecule has 0 atom stereocenters. The van der Waals surface area contributed by atoms with Crippen LogP contribution >= 0.6 is 11.3 Å². The van der Waals surface area contributed by atoms with Crippen molar-refractivity contribution in [3.8, 4) is 0 Å². The highest BCUT2D eigenvalue weighted by molar-refractivity contribution is 7.18. The number of amides is 1. The standard InChI is InChI=1S/C21H26N4O3S/c1-15-13-16(2)25(24-15)12-6-11-22-19(26)14-28-21(27)10-5-9-20-23-17-7-3-4-8-18(17)29-20/h3-4,7-8,13H,5-6,9-12,14H2,1-2H3,(H,22,26). The van der Waals surface area contributed by atoms with E-state index in [0.29, 0.717) is 13.0 Å². The summed E-state index contributed by atoms with van der Waals surface area (Å²) in [6.07, 6.45) is 2.43. The summed E-state index contributed by atoms with van der Waals surface area (Å²) >= 11 is 1.65. The summed E-state index contributed by atoms with van der Waals surface area (Å²) in [7, 11) is 0. The number of nitrogens with one attached hydrogen (secondary N) is 1. The predicted molar refractivity (Wildman–Crippen MR) is 113 cm³/mol. The Kier molecular flexibility index (Phi) is 7.35. The van der Waals surface area contributed by atoms with E-state index in [2.05, 4.69) is 15.4 Å². The van der Waals surface area contributed by atoms with Gasteiger partial charge in [-0.05, 0) is 51.3 Å². The van der Waals surface area contributed by atoms with Gasteiger partial charge < -0.3 is 10.1 Å². The molecule has 1 amide bonds. The average Bonchev–Trinajstić information content (AvgIpc) is 3.25. The summed E-state index contributed by atoms with van der Waals surface area (Å²) in [5.41, 5.74) is 3.08. The summed E-state index contributed by atoms with van der Waals surface area (Å²) in [4.78, 5) is 28.2. The van der Waals surface area contributed by atoms with Gasteiger partial charge in [0.05, 0.1) is 20.9 Å². The van der Waals surface area contributed by atoms with Crippen molar-refractivity contribution in [2.45, 2.75) is 46.1 Å². The fourth-order valence-electron chi connectivity index (χ4n) is 3.04. The lowest BCUT2D eigenvalue weighted by Gasteiger charge is -2.07. The summed E-state index contributed by atoms with van der Waals surface area (Å²) in [5, 5.41) is 8.16. The molecule has 0 aliphatic heterocycles. The summed E-state index contributed by atoms with van der Waals surface area (Å²) in [5.74, 6) is -0.637. The Bertz CT molecular complexity index is 946. The molecular formula is C21H26N4O3S. The lowest BCUT2D eigenvalue weighted by atomic mass is 10.2. The number of fused-ring (bicyclic) bond motifs is 1. The number of ether oxygens (including phenoxy) is 1. The minimum Gasteiger partial charge on any atom is -0.456 e. The molecule has 3 aromatic rings. The number of thiazole rings is 1. The number of para-hydroxylation sites is 1. The molecule has 29 heavy (non-hydrogen) atoms. The van der Waals surface area contributed by atoms with E-state index in [4.69, 9.17) is 4.74 Å². The first-order valence-corrected chi connectivity index (χ1v) is 10.6. The predicted octanol–water partition coefficient (Wildman–Crippen LogP) is 3.18. The third-order valence-corrected chi connectivity index (χ3v) is 5.54. The number of benzene rings is 1. The van der Waals surface area contributed by atoms with Gasteiger partial charge in [0, 0.05) is 25.2 Å². The minimum atomic E-state index is -0.357. The van der Waals surface area contributed by atoms with E-state index in [1.54, 1.807) is 11.3 Å². The molecule has 7 nitrogen and oxygen atoms in total. The van der Waals surface area contributed by atoms with E-state index in [1.165, 1.54) is 0 Å². The van der Waals surface area contributed by atoms with E-state index in [1.807, 2.05) is 48.9 Å². The van der Waals surface area contributed by atoms with Gasteiger partial charge in [0.1, 0.15) is 0 Å². The first kappa shape index (κ1) is 21.0. The molecule has 0 radical (unpaired) electrons. The molecule has 3 rings (SSSR count). The Balaban J connectivity index is 1.26. The van der Waals surface area contributed by atoms with Gasteiger partial charge in [-0.25, -0.2) is 4.98 Å². The Morgan fingerprint density at radius 1 is 1.21 bits per heavy atom. The monoisotopic (exact) mass is 414 g/mol. The number of esters is 1. The molecule has 0 bridgehead atoms. The zero-order chi connectivity index (χ0) is 20.6. The number of nitrogens with zero attached hydrogens (tertiary/aromatic N) is 3. The molecule has 0 aliphatic carbocycles. The zero-order valence-corrected chi connectivity index (χ0v) is 17.6. The van der Waals surface area contributed by atoms with E-state index in [-0.39, 0.29) is 24.9 Å². The largest absolute Gasteiger partial charge is 0.456 e. The molecule has 0 saturated heterocycles. The van der Waals surface area contributed by atoms with Gasteiger partial charge in [-0.3, -0.25) is 14.3 Å². The maximum atomic E-state index is 11.8. The third-order valence-electron chi connectivity index (χ3n) is 4.45. The van der Waals surface area contributed by atoms with E-state index in [9.17, 15) is 9.59 Å². The van der Waals surface area contributed by atoms with Gasteiger partial charge in [0.2, 0.25) is 0 Å². The highest BCUT2D eigenvalue weighted by Crippen LogP contribution is 2.22. The quantitative estimate of drug-likeness (QED) is 0.407.